The van der Waals surface area contributed by atoms with Crippen molar-refractivity contribution < 1.29 is 18.8 Å². The topological polar surface area (TPSA) is 106 Å². The number of hydrogen-bond acceptors (Lipinski definition) is 6. The van der Waals surface area contributed by atoms with Gasteiger partial charge in [-0.3, -0.25) is 14.4 Å². The number of carbonyl (C=O) groups excluding carboxylic acids is 3. The first-order valence-electron chi connectivity index (χ1n) is 10.3. The highest BCUT2D eigenvalue weighted by atomic mass is 32.2. The molecule has 1 N–H and O–H groups in total. The lowest BCUT2D eigenvalue weighted by atomic mass is 10.1. The van der Waals surface area contributed by atoms with Crippen molar-refractivity contribution in [1.82, 2.24) is 9.91 Å². The minimum atomic E-state index is -0.677. The number of hydrazone groups is 1. The van der Waals surface area contributed by atoms with Gasteiger partial charge in [-0.15, -0.1) is 11.8 Å². The SMILES string of the molecule is N#Cc1ccc(NC(=O)C2CSCN2C(=O)C2=NN(Cc3ccc(F)cc3)C(=O)CC2)cc1. The number of benzene rings is 2. The Labute approximate surface area is 194 Å². The predicted molar refractivity (Wildman–Crippen MR) is 121 cm³/mol. The third-order valence-electron chi connectivity index (χ3n) is 5.32. The molecule has 0 saturated carbocycles. The molecule has 2 aromatic carbocycles. The summed E-state index contributed by atoms with van der Waals surface area (Å²) in [6, 6.07) is 13.6. The molecule has 10 heteroatoms. The average molecular weight is 466 g/mol. The molecule has 1 fully saturated rings. The standard InChI is InChI=1S/C23H20FN5O3S/c24-17-5-1-16(2-6-17)12-29-21(30)10-9-19(27-29)23(32)28-14-33-13-20(28)22(31)26-18-7-3-15(11-25)4-8-18/h1-8,20H,9-10,12-14H2,(H,26,31). The van der Waals surface area contributed by atoms with Crippen molar-refractivity contribution in [2.75, 3.05) is 16.9 Å². The van der Waals surface area contributed by atoms with Crippen molar-refractivity contribution in [3.8, 4) is 6.07 Å². The molecule has 0 aliphatic carbocycles. The maximum Gasteiger partial charge on any atom is 0.271 e. The third kappa shape index (κ3) is 5.21. The van der Waals surface area contributed by atoms with E-state index < -0.39 is 6.04 Å². The van der Waals surface area contributed by atoms with E-state index in [1.807, 2.05) is 6.07 Å². The summed E-state index contributed by atoms with van der Waals surface area (Å²) in [5.41, 5.74) is 1.93. The summed E-state index contributed by atoms with van der Waals surface area (Å²) < 4.78 is 13.2. The van der Waals surface area contributed by atoms with E-state index in [0.717, 1.165) is 0 Å². The van der Waals surface area contributed by atoms with Gasteiger partial charge in [-0.2, -0.15) is 10.4 Å². The van der Waals surface area contributed by atoms with Crippen LogP contribution in [0, 0.1) is 17.1 Å². The molecule has 33 heavy (non-hydrogen) atoms. The zero-order valence-electron chi connectivity index (χ0n) is 17.5. The number of anilines is 1. The molecule has 1 saturated heterocycles. The largest absolute Gasteiger partial charge is 0.324 e. The quantitative estimate of drug-likeness (QED) is 0.731. The number of rotatable bonds is 5. The molecule has 4 rings (SSSR count). The molecule has 1 atom stereocenters. The van der Waals surface area contributed by atoms with E-state index in [0.29, 0.717) is 28.4 Å². The first-order valence-corrected chi connectivity index (χ1v) is 11.4. The fourth-order valence-corrected chi connectivity index (χ4v) is 4.68. The van der Waals surface area contributed by atoms with Crippen LogP contribution in [0.3, 0.4) is 0 Å². The third-order valence-corrected chi connectivity index (χ3v) is 6.34. The summed E-state index contributed by atoms with van der Waals surface area (Å²) in [4.78, 5) is 39.8. The molecular weight excluding hydrogens is 445 g/mol. The van der Waals surface area contributed by atoms with Crippen molar-refractivity contribution in [2.45, 2.75) is 25.4 Å². The summed E-state index contributed by atoms with van der Waals surface area (Å²) in [5, 5.41) is 17.2. The molecule has 2 aromatic rings. The first kappa shape index (κ1) is 22.5. The maximum atomic E-state index is 13.2. The smallest absolute Gasteiger partial charge is 0.271 e. The molecule has 168 valence electrons. The molecule has 8 nitrogen and oxygen atoms in total. The van der Waals surface area contributed by atoms with Crippen LogP contribution >= 0.6 is 11.8 Å². The Morgan fingerprint density at radius 1 is 1.15 bits per heavy atom. The van der Waals surface area contributed by atoms with E-state index in [2.05, 4.69) is 10.4 Å². The van der Waals surface area contributed by atoms with E-state index in [-0.39, 0.29) is 48.6 Å². The number of halogens is 1. The highest BCUT2D eigenvalue weighted by Crippen LogP contribution is 2.25. The van der Waals surface area contributed by atoms with Gasteiger partial charge in [0, 0.05) is 24.3 Å². The van der Waals surface area contributed by atoms with Gasteiger partial charge in [0.1, 0.15) is 17.6 Å². The maximum absolute atomic E-state index is 13.2. The van der Waals surface area contributed by atoms with Gasteiger partial charge in [0.25, 0.3) is 5.91 Å². The van der Waals surface area contributed by atoms with Gasteiger partial charge < -0.3 is 10.2 Å². The van der Waals surface area contributed by atoms with Crippen molar-refractivity contribution in [3.63, 3.8) is 0 Å². The lowest BCUT2D eigenvalue weighted by Gasteiger charge is -2.27. The number of hydrogen-bond donors (Lipinski definition) is 1. The first-order chi connectivity index (χ1) is 15.9. The predicted octanol–water partition coefficient (Wildman–Crippen LogP) is 2.72. The number of carbonyl (C=O) groups is 3. The van der Waals surface area contributed by atoms with Crippen molar-refractivity contribution in [2.24, 2.45) is 5.10 Å². The summed E-state index contributed by atoms with van der Waals surface area (Å²) >= 11 is 1.46. The van der Waals surface area contributed by atoms with Crippen LogP contribution in [-0.2, 0) is 20.9 Å². The molecule has 2 heterocycles. The number of amides is 3. The van der Waals surface area contributed by atoms with E-state index in [4.69, 9.17) is 5.26 Å². The van der Waals surface area contributed by atoms with Gasteiger partial charge >= 0.3 is 0 Å². The fourth-order valence-electron chi connectivity index (χ4n) is 3.52. The zero-order valence-corrected chi connectivity index (χ0v) is 18.3. The highest BCUT2D eigenvalue weighted by molar-refractivity contribution is 7.99. The second kappa shape index (κ2) is 9.83. The molecular formula is C23H20FN5O3S. The Kier molecular flexibility index (Phi) is 6.70. The van der Waals surface area contributed by atoms with Crippen LogP contribution in [0.15, 0.2) is 53.6 Å². The zero-order chi connectivity index (χ0) is 23.4. The molecule has 0 aromatic heterocycles. The normalized spacial score (nSPS) is 18.0. The van der Waals surface area contributed by atoms with Crippen molar-refractivity contribution in [3.05, 3.63) is 65.5 Å². The second-order valence-corrected chi connectivity index (χ2v) is 8.59. The lowest BCUT2D eigenvalue weighted by molar-refractivity contribution is -0.134. The summed E-state index contributed by atoms with van der Waals surface area (Å²) in [6.07, 6.45) is 0.331. The van der Waals surface area contributed by atoms with E-state index in [9.17, 15) is 18.8 Å². The van der Waals surface area contributed by atoms with Crippen LogP contribution in [0.1, 0.15) is 24.0 Å². The highest BCUT2D eigenvalue weighted by Gasteiger charge is 2.38. The van der Waals surface area contributed by atoms with Crippen LogP contribution in [0.4, 0.5) is 10.1 Å². The molecule has 3 amide bonds. The van der Waals surface area contributed by atoms with Gasteiger partial charge in [0.05, 0.1) is 24.1 Å². The molecule has 2 aliphatic heterocycles. The number of nitrogens with one attached hydrogen (secondary N) is 1. The number of thioether (sulfide) groups is 1. The summed E-state index contributed by atoms with van der Waals surface area (Å²) in [6.45, 7) is 0.132. The van der Waals surface area contributed by atoms with Crippen LogP contribution in [-0.4, -0.2) is 51.0 Å². The van der Waals surface area contributed by atoms with Gasteiger partial charge in [-0.1, -0.05) is 12.1 Å². The lowest BCUT2D eigenvalue weighted by Crippen LogP contribution is -2.48. The second-order valence-electron chi connectivity index (χ2n) is 7.59. The molecule has 0 bridgehead atoms. The molecule has 0 radical (unpaired) electrons. The summed E-state index contributed by atoms with van der Waals surface area (Å²) in [7, 11) is 0. The number of nitrogens with zero attached hydrogens (tertiary/aromatic N) is 4. The van der Waals surface area contributed by atoms with E-state index >= 15 is 0 Å². The van der Waals surface area contributed by atoms with Crippen LogP contribution < -0.4 is 5.32 Å². The average Bonchev–Trinajstić information content (AvgIpc) is 3.32. The Hall–Kier alpha value is -3.71. The van der Waals surface area contributed by atoms with Gasteiger partial charge in [-0.05, 0) is 42.0 Å². The van der Waals surface area contributed by atoms with Crippen molar-refractivity contribution >= 4 is 40.9 Å². The van der Waals surface area contributed by atoms with E-state index in [1.54, 1.807) is 36.4 Å². The Morgan fingerprint density at radius 3 is 2.58 bits per heavy atom. The Balaban J connectivity index is 1.45. The van der Waals surface area contributed by atoms with Crippen molar-refractivity contribution in [1.29, 1.82) is 5.26 Å². The summed E-state index contributed by atoms with van der Waals surface area (Å²) in [5.74, 6) is -0.513. The van der Waals surface area contributed by atoms with Gasteiger partial charge in [0.2, 0.25) is 11.8 Å². The Morgan fingerprint density at radius 2 is 1.88 bits per heavy atom. The fraction of sp³-hybridized carbons (Fsp3) is 0.261. The van der Waals surface area contributed by atoms with Crippen LogP contribution in [0.2, 0.25) is 0 Å². The van der Waals surface area contributed by atoms with E-state index in [1.165, 1.54) is 33.8 Å². The monoisotopic (exact) mass is 465 g/mol. The molecule has 2 aliphatic rings. The minimum absolute atomic E-state index is 0.132. The van der Waals surface area contributed by atoms with Crippen LogP contribution in [0.5, 0.6) is 0 Å². The molecule has 0 spiro atoms. The minimum Gasteiger partial charge on any atom is -0.324 e. The van der Waals surface area contributed by atoms with Gasteiger partial charge in [0.15, 0.2) is 0 Å². The van der Waals surface area contributed by atoms with Crippen LogP contribution in [0.25, 0.3) is 0 Å². The Bertz CT molecular complexity index is 1140. The van der Waals surface area contributed by atoms with Gasteiger partial charge in [-0.25, -0.2) is 9.40 Å². The number of nitriles is 1. The molecule has 1 unspecified atom stereocenters.